The van der Waals surface area contributed by atoms with Crippen molar-refractivity contribution in [2.45, 2.75) is 19.4 Å². The first kappa shape index (κ1) is 15.6. The number of hydrogen-bond donors (Lipinski definition) is 0. The third kappa shape index (κ3) is 4.34. The third-order valence-corrected chi connectivity index (χ3v) is 4.36. The van der Waals surface area contributed by atoms with E-state index in [1.165, 1.54) is 12.8 Å². The van der Waals surface area contributed by atoms with E-state index >= 15 is 0 Å². The Morgan fingerprint density at radius 2 is 1.87 bits per heavy atom. The average molecular weight is 306 g/mol. The quantitative estimate of drug-likeness (QED) is 0.842. The second-order valence-electron chi connectivity index (χ2n) is 6.14. The number of hydrogen-bond acceptors (Lipinski definition) is 3. The summed E-state index contributed by atoms with van der Waals surface area (Å²) in [6.07, 6.45) is 2.40. The molecule has 1 unspecified atom stereocenters. The summed E-state index contributed by atoms with van der Waals surface area (Å²) in [7, 11) is 0. The van der Waals surface area contributed by atoms with Gasteiger partial charge in [0.15, 0.2) is 0 Å². The van der Waals surface area contributed by atoms with Crippen LogP contribution in [-0.4, -0.2) is 24.6 Å². The number of para-hydroxylation sites is 1. The molecule has 0 N–H and O–H groups in total. The first-order valence-corrected chi connectivity index (χ1v) is 8.23. The van der Waals surface area contributed by atoms with Gasteiger partial charge in [-0.25, -0.2) is 0 Å². The highest BCUT2D eigenvalue weighted by Gasteiger charge is 2.21. The zero-order valence-corrected chi connectivity index (χ0v) is 13.3. The van der Waals surface area contributed by atoms with Crippen LogP contribution in [0.25, 0.3) is 0 Å². The average Bonchev–Trinajstić information content (AvgIpc) is 2.62. The van der Waals surface area contributed by atoms with Crippen molar-refractivity contribution in [2.24, 2.45) is 5.92 Å². The zero-order chi connectivity index (χ0) is 15.9. The molecule has 2 aromatic rings. The molecule has 1 saturated heterocycles. The van der Waals surface area contributed by atoms with Crippen molar-refractivity contribution in [1.29, 1.82) is 5.26 Å². The molecule has 1 atom stereocenters. The van der Waals surface area contributed by atoms with Gasteiger partial charge in [0.2, 0.25) is 0 Å². The van der Waals surface area contributed by atoms with Crippen LogP contribution in [0.4, 0.5) is 0 Å². The number of nitriles is 1. The molecule has 3 heteroatoms. The Labute approximate surface area is 138 Å². The second-order valence-corrected chi connectivity index (χ2v) is 6.14. The Hall–Kier alpha value is -2.31. The molecular weight excluding hydrogens is 284 g/mol. The van der Waals surface area contributed by atoms with Gasteiger partial charge in [-0.3, -0.25) is 4.90 Å². The lowest BCUT2D eigenvalue weighted by molar-refractivity contribution is 0.125. The number of nitrogens with zero attached hydrogens (tertiary/aromatic N) is 2. The van der Waals surface area contributed by atoms with Crippen molar-refractivity contribution in [3.05, 3.63) is 65.7 Å². The summed E-state index contributed by atoms with van der Waals surface area (Å²) in [5.74, 6) is 1.50. The van der Waals surface area contributed by atoms with Crippen molar-refractivity contribution in [3.8, 4) is 11.8 Å². The molecule has 0 spiro atoms. The molecule has 0 saturated carbocycles. The molecule has 0 amide bonds. The van der Waals surface area contributed by atoms with Crippen LogP contribution in [0.3, 0.4) is 0 Å². The lowest BCUT2D eigenvalue weighted by Gasteiger charge is -2.32. The van der Waals surface area contributed by atoms with Gasteiger partial charge in [-0.2, -0.15) is 5.26 Å². The van der Waals surface area contributed by atoms with E-state index in [9.17, 15) is 5.26 Å². The lowest BCUT2D eigenvalue weighted by Crippen LogP contribution is -2.37. The van der Waals surface area contributed by atoms with Crippen molar-refractivity contribution < 1.29 is 4.74 Å². The fourth-order valence-corrected chi connectivity index (χ4v) is 3.17. The largest absolute Gasteiger partial charge is 0.493 e. The van der Waals surface area contributed by atoms with E-state index in [2.05, 4.69) is 17.0 Å². The topological polar surface area (TPSA) is 36.3 Å². The van der Waals surface area contributed by atoms with E-state index < -0.39 is 0 Å². The SMILES string of the molecule is N#Cc1ccccc1CN1CCCC(COc2ccccc2)C1. The number of piperidine rings is 1. The molecule has 2 aromatic carbocycles. The maximum Gasteiger partial charge on any atom is 0.119 e. The molecule has 3 nitrogen and oxygen atoms in total. The zero-order valence-electron chi connectivity index (χ0n) is 13.3. The predicted molar refractivity (Wildman–Crippen MR) is 91.1 cm³/mol. The maximum atomic E-state index is 9.22. The fraction of sp³-hybridized carbons (Fsp3) is 0.350. The van der Waals surface area contributed by atoms with E-state index in [4.69, 9.17) is 4.74 Å². The number of benzene rings is 2. The number of rotatable bonds is 5. The maximum absolute atomic E-state index is 9.22. The van der Waals surface area contributed by atoms with E-state index in [0.717, 1.165) is 43.1 Å². The van der Waals surface area contributed by atoms with Crippen LogP contribution in [-0.2, 0) is 6.54 Å². The Kier molecular flexibility index (Phi) is 5.29. The molecule has 0 bridgehead atoms. The van der Waals surface area contributed by atoms with Gasteiger partial charge < -0.3 is 4.74 Å². The van der Waals surface area contributed by atoms with Crippen LogP contribution in [0.1, 0.15) is 24.0 Å². The molecule has 1 aliphatic heterocycles. The van der Waals surface area contributed by atoms with E-state index in [1.807, 2.05) is 48.5 Å². The first-order valence-electron chi connectivity index (χ1n) is 8.23. The molecule has 3 rings (SSSR count). The lowest BCUT2D eigenvalue weighted by atomic mass is 9.98. The van der Waals surface area contributed by atoms with Gasteiger partial charge in [-0.15, -0.1) is 0 Å². The highest BCUT2D eigenvalue weighted by molar-refractivity contribution is 5.37. The van der Waals surface area contributed by atoms with Gasteiger partial charge in [-0.05, 0) is 43.1 Å². The molecule has 118 valence electrons. The minimum atomic E-state index is 0.554. The van der Waals surface area contributed by atoms with Crippen LogP contribution < -0.4 is 4.74 Å². The summed E-state index contributed by atoms with van der Waals surface area (Å²) < 4.78 is 5.91. The fourth-order valence-electron chi connectivity index (χ4n) is 3.17. The molecule has 0 aromatic heterocycles. The van der Waals surface area contributed by atoms with Crippen molar-refractivity contribution in [3.63, 3.8) is 0 Å². The number of likely N-dealkylation sites (tertiary alicyclic amines) is 1. The summed E-state index contributed by atoms with van der Waals surface area (Å²) >= 11 is 0. The molecule has 1 heterocycles. The Morgan fingerprint density at radius 1 is 1.09 bits per heavy atom. The molecule has 23 heavy (non-hydrogen) atoms. The predicted octanol–water partition coefficient (Wildman–Crippen LogP) is 3.85. The first-order chi connectivity index (χ1) is 11.3. The van der Waals surface area contributed by atoms with Gasteiger partial charge >= 0.3 is 0 Å². The van der Waals surface area contributed by atoms with Crippen LogP contribution in [0, 0.1) is 17.2 Å². The van der Waals surface area contributed by atoms with Gasteiger partial charge in [-0.1, -0.05) is 36.4 Å². The molecular formula is C20H22N2O. The van der Waals surface area contributed by atoms with Crippen molar-refractivity contribution >= 4 is 0 Å². The Balaban J connectivity index is 1.55. The van der Waals surface area contributed by atoms with E-state index in [0.29, 0.717) is 5.92 Å². The third-order valence-electron chi connectivity index (χ3n) is 4.36. The molecule has 0 aliphatic carbocycles. The minimum absolute atomic E-state index is 0.554. The minimum Gasteiger partial charge on any atom is -0.493 e. The van der Waals surface area contributed by atoms with Crippen molar-refractivity contribution in [1.82, 2.24) is 4.90 Å². The van der Waals surface area contributed by atoms with Crippen LogP contribution in [0.2, 0.25) is 0 Å². The smallest absolute Gasteiger partial charge is 0.119 e. The number of ether oxygens (including phenoxy) is 1. The van der Waals surface area contributed by atoms with Gasteiger partial charge in [0.05, 0.1) is 18.2 Å². The summed E-state index contributed by atoms with van der Waals surface area (Å²) in [5, 5.41) is 9.22. The molecule has 1 aliphatic rings. The second kappa shape index (κ2) is 7.80. The van der Waals surface area contributed by atoms with Gasteiger partial charge in [0.25, 0.3) is 0 Å². The Bertz CT molecular complexity index is 663. The molecule has 1 fully saturated rings. The van der Waals surface area contributed by atoms with Crippen molar-refractivity contribution in [2.75, 3.05) is 19.7 Å². The van der Waals surface area contributed by atoms with Crippen LogP contribution >= 0.6 is 0 Å². The normalized spacial score (nSPS) is 18.3. The highest BCUT2D eigenvalue weighted by Crippen LogP contribution is 2.21. The standard InChI is InChI=1S/C20H22N2O/c21-13-18-8-4-5-9-19(18)15-22-12-6-7-17(14-22)16-23-20-10-2-1-3-11-20/h1-5,8-11,17H,6-7,12,14-16H2. The van der Waals surface area contributed by atoms with E-state index in [1.54, 1.807) is 0 Å². The van der Waals surface area contributed by atoms with Gasteiger partial charge in [0, 0.05) is 19.0 Å². The molecule has 0 radical (unpaired) electrons. The Morgan fingerprint density at radius 3 is 2.70 bits per heavy atom. The summed E-state index contributed by atoms with van der Waals surface area (Å²) in [5.41, 5.74) is 1.91. The van der Waals surface area contributed by atoms with E-state index in [-0.39, 0.29) is 0 Å². The summed E-state index contributed by atoms with van der Waals surface area (Å²) in [4.78, 5) is 2.44. The van der Waals surface area contributed by atoms with Gasteiger partial charge in [0.1, 0.15) is 5.75 Å². The summed E-state index contributed by atoms with van der Waals surface area (Å²) in [6.45, 7) is 3.75. The summed E-state index contributed by atoms with van der Waals surface area (Å²) in [6, 6.07) is 20.2. The highest BCUT2D eigenvalue weighted by atomic mass is 16.5. The van der Waals surface area contributed by atoms with Crippen LogP contribution in [0.5, 0.6) is 5.75 Å². The van der Waals surface area contributed by atoms with Crippen LogP contribution in [0.15, 0.2) is 54.6 Å². The monoisotopic (exact) mass is 306 g/mol.